The van der Waals surface area contributed by atoms with Crippen LogP contribution in [0.4, 0.5) is 11.4 Å². The van der Waals surface area contributed by atoms with Gasteiger partial charge in [0.1, 0.15) is 10.6 Å². The smallest absolute Gasteiger partial charge is 0.240 e. The average Bonchev–Trinajstić information content (AvgIpc) is 2.68. The molecule has 0 fully saturated rings. The third-order valence-electron chi connectivity index (χ3n) is 4.77. The topological polar surface area (TPSA) is 127 Å². The molecule has 7 nitrogen and oxygen atoms in total. The maximum Gasteiger partial charge on any atom is 0.240 e. The molecule has 1 aliphatic rings. The minimum Gasteiger partial charge on any atom is -0.507 e. The molecule has 0 aromatic heterocycles. The van der Waals surface area contributed by atoms with Gasteiger partial charge in [-0.1, -0.05) is 30.3 Å². The molecule has 1 aliphatic carbocycles. The number of benzene rings is 3. The largest absolute Gasteiger partial charge is 0.507 e. The molecule has 4 N–H and O–H groups in total. The van der Waals surface area contributed by atoms with Crippen LogP contribution in [0.15, 0.2) is 59.5 Å². The first kappa shape index (κ1) is 18.9. The van der Waals surface area contributed by atoms with Crippen LogP contribution in [-0.4, -0.2) is 25.1 Å². The summed E-state index contributed by atoms with van der Waals surface area (Å²) in [5.74, 6) is -1.25. The third kappa shape index (κ3) is 3.08. The summed E-state index contributed by atoms with van der Waals surface area (Å²) in [5, 5.41) is 18.5. The van der Waals surface area contributed by atoms with Gasteiger partial charge in [0, 0.05) is 11.1 Å². The number of carbonyl (C=O) groups is 2. The molecule has 29 heavy (non-hydrogen) atoms. The molecule has 0 atom stereocenters. The highest BCUT2D eigenvalue weighted by Gasteiger charge is 2.34. The number of anilines is 2. The molecule has 0 saturated heterocycles. The van der Waals surface area contributed by atoms with Crippen molar-refractivity contribution < 1.29 is 23.1 Å². The monoisotopic (exact) mass is 408 g/mol. The summed E-state index contributed by atoms with van der Waals surface area (Å²) >= 11 is 0. The van der Waals surface area contributed by atoms with Gasteiger partial charge in [-0.15, -0.1) is 0 Å². The van der Waals surface area contributed by atoms with E-state index in [0.29, 0.717) is 5.56 Å². The van der Waals surface area contributed by atoms with E-state index in [9.17, 15) is 23.1 Å². The number of phenols is 1. The molecular formula is C21H16N2O5S. The van der Waals surface area contributed by atoms with Gasteiger partial charge >= 0.3 is 0 Å². The van der Waals surface area contributed by atoms with Gasteiger partial charge in [0.2, 0.25) is 10.0 Å². The molecule has 0 spiro atoms. The molecule has 8 heteroatoms. The summed E-state index contributed by atoms with van der Waals surface area (Å²) < 4.78 is 24.0. The van der Waals surface area contributed by atoms with Crippen molar-refractivity contribution in [1.82, 2.24) is 0 Å². The Hall–Kier alpha value is -3.49. The summed E-state index contributed by atoms with van der Waals surface area (Å²) in [6.45, 7) is 1.72. The van der Waals surface area contributed by atoms with Gasteiger partial charge in [0.25, 0.3) is 0 Å². The Morgan fingerprint density at radius 3 is 2.07 bits per heavy atom. The number of hydrogen-bond acceptors (Lipinski definition) is 6. The fraction of sp³-hybridized carbons (Fsp3) is 0.0476. The van der Waals surface area contributed by atoms with E-state index in [1.165, 1.54) is 36.4 Å². The minimum absolute atomic E-state index is 0.0188. The van der Waals surface area contributed by atoms with Crippen LogP contribution >= 0.6 is 0 Å². The highest BCUT2D eigenvalue weighted by atomic mass is 32.2. The van der Waals surface area contributed by atoms with Gasteiger partial charge < -0.3 is 10.4 Å². The zero-order valence-corrected chi connectivity index (χ0v) is 16.1. The maximum atomic E-state index is 13.1. The number of aromatic hydroxyl groups is 1. The normalized spacial score (nSPS) is 13.0. The maximum absolute atomic E-state index is 13.1. The number of primary sulfonamides is 1. The number of nitrogens with two attached hydrogens (primary N) is 1. The van der Waals surface area contributed by atoms with Gasteiger partial charge in [0.05, 0.1) is 22.5 Å². The van der Waals surface area contributed by atoms with Crippen LogP contribution in [-0.2, 0) is 10.0 Å². The standard InChI is InChI=1S/C21H16N2O5S/c1-11-6-7-14(17(10-11)29(22,27)28)23-15-8-9-16(24)19-18(15)20(25)12-4-2-3-5-13(12)21(19)26/h2-10,23-24H,1H3,(H2,22,27,28). The lowest BCUT2D eigenvalue weighted by Gasteiger charge is -2.22. The number of fused-ring (bicyclic) bond motifs is 2. The average molecular weight is 408 g/mol. The summed E-state index contributed by atoms with van der Waals surface area (Å²) in [6, 6.07) is 13.7. The Kier molecular flexibility index (Phi) is 4.25. The number of hydrogen-bond donors (Lipinski definition) is 3. The molecule has 0 radical (unpaired) electrons. The second-order valence-electron chi connectivity index (χ2n) is 6.76. The molecule has 3 aromatic carbocycles. The summed E-state index contributed by atoms with van der Waals surface area (Å²) in [7, 11) is -4.04. The second kappa shape index (κ2) is 6.54. The highest BCUT2D eigenvalue weighted by Crippen LogP contribution is 2.38. The number of ketones is 2. The number of aryl methyl sites for hydroxylation is 1. The zero-order chi connectivity index (χ0) is 20.9. The van der Waals surface area contributed by atoms with Gasteiger partial charge in [-0.05, 0) is 36.8 Å². The lowest BCUT2D eigenvalue weighted by Crippen LogP contribution is -2.22. The van der Waals surface area contributed by atoms with Crippen molar-refractivity contribution in [2.75, 3.05) is 5.32 Å². The van der Waals surface area contributed by atoms with E-state index in [1.54, 1.807) is 25.1 Å². The number of sulfonamides is 1. The fourth-order valence-corrected chi connectivity index (χ4v) is 4.20. The number of phenolic OH excluding ortho intramolecular Hbond substituents is 1. The molecular weight excluding hydrogens is 392 g/mol. The second-order valence-corrected chi connectivity index (χ2v) is 8.29. The van der Waals surface area contributed by atoms with Crippen molar-refractivity contribution in [3.05, 3.63) is 82.4 Å². The number of rotatable bonds is 3. The van der Waals surface area contributed by atoms with Crippen LogP contribution in [0.3, 0.4) is 0 Å². The van der Waals surface area contributed by atoms with Gasteiger partial charge in [-0.3, -0.25) is 9.59 Å². The Morgan fingerprint density at radius 1 is 0.862 bits per heavy atom. The van der Waals surface area contributed by atoms with Crippen molar-refractivity contribution >= 4 is 33.0 Å². The summed E-state index contributed by atoms with van der Waals surface area (Å²) in [4.78, 5) is 25.9. The van der Waals surface area contributed by atoms with Crippen LogP contribution in [0.5, 0.6) is 5.75 Å². The van der Waals surface area contributed by atoms with Crippen LogP contribution in [0.25, 0.3) is 0 Å². The molecule has 0 heterocycles. The van der Waals surface area contributed by atoms with E-state index >= 15 is 0 Å². The van der Waals surface area contributed by atoms with E-state index in [2.05, 4.69) is 5.32 Å². The first-order valence-electron chi connectivity index (χ1n) is 8.63. The SMILES string of the molecule is Cc1ccc(Nc2ccc(O)c3c2C(=O)c2ccccc2C3=O)c(S(N)(=O)=O)c1. The Labute approximate surface area is 166 Å². The lowest BCUT2D eigenvalue weighted by molar-refractivity contribution is 0.0977. The van der Waals surface area contributed by atoms with E-state index in [4.69, 9.17) is 5.14 Å². The van der Waals surface area contributed by atoms with Crippen LogP contribution < -0.4 is 10.5 Å². The molecule has 0 saturated carbocycles. The number of carbonyl (C=O) groups excluding carboxylic acids is 2. The predicted molar refractivity (Wildman–Crippen MR) is 107 cm³/mol. The van der Waals surface area contributed by atoms with Gasteiger partial charge in [0.15, 0.2) is 11.6 Å². The van der Waals surface area contributed by atoms with Crippen molar-refractivity contribution in [2.45, 2.75) is 11.8 Å². The predicted octanol–water partition coefficient (Wildman–Crippen LogP) is 2.87. The molecule has 0 amide bonds. The number of nitrogens with one attached hydrogen (secondary N) is 1. The van der Waals surface area contributed by atoms with Crippen LogP contribution in [0, 0.1) is 6.92 Å². The Balaban J connectivity index is 1.92. The van der Waals surface area contributed by atoms with Gasteiger partial charge in [-0.25, -0.2) is 13.6 Å². The first-order valence-corrected chi connectivity index (χ1v) is 10.2. The molecule has 0 bridgehead atoms. The first-order chi connectivity index (χ1) is 13.7. The van der Waals surface area contributed by atoms with E-state index in [-0.39, 0.29) is 44.3 Å². The lowest BCUT2D eigenvalue weighted by atomic mass is 9.82. The molecule has 3 aromatic rings. The van der Waals surface area contributed by atoms with Crippen molar-refractivity contribution in [1.29, 1.82) is 0 Å². The van der Waals surface area contributed by atoms with Crippen molar-refractivity contribution in [3.63, 3.8) is 0 Å². The summed E-state index contributed by atoms with van der Waals surface area (Å²) in [6.07, 6.45) is 0. The van der Waals surface area contributed by atoms with Crippen molar-refractivity contribution in [2.24, 2.45) is 5.14 Å². The van der Waals surface area contributed by atoms with E-state index in [0.717, 1.165) is 0 Å². The fourth-order valence-electron chi connectivity index (χ4n) is 3.42. The van der Waals surface area contributed by atoms with Gasteiger partial charge in [-0.2, -0.15) is 0 Å². The third-order valence-corrected chi connectivity index (χ3v) is 5.72. The van der Waals surface area contributed by atoms with E-state index in [1.807, 2.05) is 0 Å². The zero-order valence-electron chi connectivity index (χ0n) is 15.3. The quantitative estimate of drug-likeness (QED) is 0.448. The molecule has 0 aliphatic heterocycles. The molecule has 0 unspecified atom stereocenters. The van der Waals surface area contributed by atoms with Crippen LogP contribution in [0.2, 0.25) is 0 Å². The van der Waals surface area contributed by atoms with Crippen molar-refractivity contribution in [3.8, 4) is 5.75 Å². The van der Waals surface area contributed by atoms with E-state index < -0.39 is 21.6 Å². The van der Waals surface area contributed by atoms with Crippen LogP contribution in [0.1, 0.15) is 37.4 Å². The molecule has 4 rings (SSSR count). The minimum atomic E-state index is -4.04. The Morgan fingerprint density at radius 2 is 1.45 bits per heavy atom. The summed E-state index contributed by atoms with van der Waals surface area (Å²) in [5.41, 5.74) is 1.32. The Bertz CT molecular complexity index is 1310. The highest BCUT2D eigenvalue weighted by molar-refractivity contribution is 7.89. The molecule has 146 valence electrons.